The van der Waals surface area contributed by atoms with Gasteiger partial charge in [-0.2, -0.15) is 0 Å². The molecule has 3 saturated heterocycles. The average molecular weight is 294 g/mol. The van der Waals surface area contributed by atoms with Crippen LogP contribution in [0.4, 0.5) is 0 Å². The molecule has 2 bridgehead atoms. The van der Waals surface area contributed by atoms with Crippen LogP contribution in [0.5, 0.6) is 0 Å². The fourth-order valence-electron chi connectivity index (χ4n) is 6.32. The largest absolute Gasteiger partial charge is 0.369 e. The van der Waals surface area contributed by atoms with Gasteiger partial charge in [0.05, 0.1) is 6.10 Å². The topological polar surface area (TPSA) is 27.7 Å². The van der Waals surface area contributed by atoms with Gasteiger partial charge in [0.1, 0.15) is 16.8 Å². The van der Waals surface area contributed by atoms with Crippen LogP contribution >= 0.6 is 0 Å². The minimum Gasteiger partial charge on any atom is -0.369 e. The fraction of sp³-hybridized carbons (Fsp3) is 1.00. The molecule has 1 unspecified atom stereocenters. The van der Waals surface area contributed by atoms with Crippen LogP contribution in [0.15, 0.2) is 0 Å². The standard InChI is InChI=1S/C18H30O3/c1-11-6-7-15-12(2)13(3)19-17(5)10-16(4)9-8-14(11)18(15,17)21-20-16/h11-15H,6-10H2,1-5H3/t11-,12+,13?,14+,15+,16-,17-,18-/m1/s1. The Balaban J connectivity index is 1.88. The first kappa shape index (κ1) is 14.5. The van der Waals surface area contributed by atoms with E-state index in [1.54, 1.807) is 0 Å². The van der Waals surface area contributed by atoms with E-state index in [9.17, 15) is 0 Å². The smallest absolute Gasteiger partial charge is 0.138 e. The van der Waals surface area contributed by atoms with Crippen LogP contribution in [0.25, 0.3) is 0 Å². The van der Waals surface area contributed by atoms with Crippen LogP contribution in [0.3, 0.4) is 0 Å². The third-order valence-corrected chi connectivity index (χ3v) is 7.45. The minimum atomic E-state index is -0.230. The van der Waals surface area contributed by atoms with Crippen molar-refractivity contribution in [1.29, 1.82) is 0 Å². The van der Waals surface area contributed by atoms with Gasteiger partial charge in [-0.3, -0.25) is 0 Å². The van der Waals surface area contributed by atoms with Crippen LogP contribution in [0.1, 0.15) is 66.7 Å². The molecule has 0 N–H and O–H groups in total. The molecule has 2 saturated carbocycles. The van der Waals surface area contributed by atoms with Gasteiger partial charge in [0.15, 0.2) is 0 Å². The summed E-state index contributed by atoms with van der Waals surface area (Å²) in [6.45, 7) is 11.5. The van der Waals surface area contributed by atoms with E-state index in [-0.39, 0.29) is 16.8 Å². The van der Waals surface area contributed by atoms with Gasteiger partial charge in [-0.15, -0.1) is 0 Å². The summed E-state index contributed by atoms with van der Waals surface area (Å²) in [5, 5.41) is 0. The zero-order valence-corrected chi connectivity index (χ0v) is 14.1. The van der Waals surface area contributed by atoms with Crippen molar-refractivity contribution in [2.75, 3.05) is 0 Å². The number of hydrogen-bond donors (Lipinski definition) is 0. The molecule has 3 nitrogen and oxygen atoms in total. The van der Waals surface area contributed by atoms with Crippen LogP contribution in [0.2, 0.25) is 0 Å². The average Bonchev–Trinajstić information content (AvgIpc) is 2.61. The van der Waals surface area contributed by atoms with E-state index in [2.05, 4.69) is 34.6 Å². The van der Waals surface area contributed by atoms with Crippen molar-refractivity contribution in [3.05, 3.63) is 0 Å². The Labute approximate surface area is 128 Å². The normalized spacial score (nSPS) is 63.0. The lowest BCUT2D eigenvalue weighted by atomic mass is 9.52. The summed E-state index contributed by atoms with van der Waals surface area (Å²) in [6, 6.07) is 0. The molecule has 0 aromatic rings. The Morgan fingerprint density at radius 1 is 0.905 bits per heavy atom. The van der Waals surface area contributed by atoms with Crippen molar-refractivity contribution in [1.82, 2.24) is 0 Å². The van der Waals surface area contributed by atoms with E-state index in [1.165, 1.54) is 19.3 Å². The zero-order chi connectivity index (χ0) is 15.0. The molecule has 0 amide bonds. The van der Waals surface area contributed by atoms with E-state index >= 15 is 0 Å². The first-order valence-corrected chi connectivity index (χ1v) is 8.86. The van der Waals surface area contributed by atoms with E-state index in [1.807, 2.05) is 0 Å². The maximum Gasteiger partial charge on any atom is 0.138 e. The SMILES string of the molecule is CC1O[C@]2(C)C[C@@]3(C)CC[C@H]4[C@H](C)CC[C@@H]([C@H]1C)[C@]42OO3. The second-order valence-electron chi connectivity index (χ2n) is 8.81. The molecule has 120 valence electrons. The van der Waals surface area contributed by atoms with E-state index < -0.39 is 0 Å². The highest BCUT2D eigenvalue weighted by Gasteiger charge is 2.72. The van der Waals surface area contributed by atoms with Gasteiger partial charge in [0, 0.05) is 6.42 Å². The summed E-state index contributed by atoms with van der Waals surface area (Å²) in [6.07, 6.45) is 6.17. The van der Waals surface area contributed by atoms with E-state index in [4.69, 9.17) is 14.5 Å². The maximum atomic E-state index is 6.64. The van der Waals surface area contributed by atoms with Gasteiger partial charge in [-0.05, 0) is 70.1 Å². The van der Waals surface area contributed by atoms with E-state index in [0.29, 0.717) is 29.8 Å². The van der Waals surface area contributed by atoms with Gasteiger partial charge in [-0.1, -0.05) is 13.8 Å². The van der Waals surface area contributed by atoms with Gasteiger partial charge >= 0.3 is 0 Å². The van der Waals surface area contributed by atoms with Crippen molar-refractivity contribution >= 4 is 0 Å². The Hall–Kier alpha value is -0.120. The summed E-state index contributed by atoms with van der Waals surface area (Å²) in [5.41, 5.74) is -0.610. The summed E-state index contributed by atoms with van der Waals surface area (Å²) >= 11 is 0. The molecule has 5 aliphatic rings. The van der Waals surface area contributed by atoms with Gasteiger partial charge in [0.2, 0.25) is 0 Å². The third-order valence-electron chi connectivity index (χ3n) is 7.45. The molecular weight excluding hydrogens is 264 g/mol. The molecule has 3 heteroatoms. The second-order valence-corrected chi connectivity index (χ2v) is 8.81. The summed E-state index contributed by atoms with van der Waals surface area (Å²) in [5.74, 6) is 2.38. The Morgan fingerprint density at radius 3 is 2.43 bits per heavy atom. The number of fused-ring (bicyclic) bond motifs is 2. The number of ether oxygens (including phenoxy) is 1. The zero-order valence-electron chi connectivity index (χ0n) is 14.1. The molecule has 8 atom stereocenters. The van der Waals surface area contributed by atoms with Crippen LogP contribution in [-0.4, -0.2) is 22.9 Å². The molecule has 0 aromatic heterocycles. The lowest BCUT2D eigenvalue weighted by Gasteiger charge is -2.65. The predicted molar refractivity (Wildman–Crippen MR) is 80.7 cm³/mol. The van der Waals surface area contributed by atoms with Crippen molar-refractivity contribution in [3.8, 4) is 0 Å². The van der Waals surface area contributed by atoms with Gasteiger partial charge in [-0.25, -0.2) is 9.78 Å². The Morgan fingerprint density at radius 2 is 1.67 bits per heavy atom. The summed E-state index contributed by atoms with van der Waals surface area (Å²) in [4.78, 5) is 12.3. The molecule has 2 aliphatic carbocycles. The lowest BCUT2D eigenvalue weighted by Crippen LogP contribution is -2.74. The summed E-state index contributed by atoms with van der Waals surface area (Å²) < 4.78 is 6.64. The molecule has 0 aromatic carbocycles. The highest BCUT2D eigenvalue weighted by atomic mass is 17.2. The monoisotopic (exact) mass is 294 g/mol. The minimum absolute atomic E-state index is 0.179. The summed E-state index contributed by atoms with van der Waals surface area (Å²) in [7, 11) is 0. The van der Waals surface area contributed by atoms with Crippen molar-refractivity contribution in [3.63, 3.8) is 0 Å². The molecule has 3 heterocycles. The molecule has 21 heavy (non-hydrogen) atoms. The molecule has 3 aliphatic heterocycles. The first-order chi connectivity index (χ1) is 9.81. The second kappa shape index (κ2) is 4.24. The Bertz CT molecular complexity index is 448. The molecule has 5 rings (SSSR count). The van der Waals surface area contributed by atoms with E-state index in [0.717, 1.165) is 12.8 Å². The molecule has 1 spiro atoms. The highest BCUT2D eigenvalue weighted by molar-refractivity contribution is 5.19. The quantitative estimate of drug-likeness (QED) is 0.629. The van der Waals surface area contributed by atoms with Gasteiger partial charge in [0.25, 0.3) is 0 Å². The fourth-order valence-corrected chi connectivity index (χ4v) is 6.32. The lowest BCUT2D eigenvalue weighted by molar-refractivity contribution is -0.506. The first-order valence-electron chi connectivity index (χ1n) is 8.86. The van der Waals surface area contributed by atoms with Gasteiger partial charge < -0.3 is 4.74 Å². The third kappa shape index (κ3) is 1.66. The van der Waals surface area contributed by atoms with Crippen molar-refractivity contribution < 1.29 is 14.5 Å². The number of rotatable bonds is 0. The van der Waals surface area contributed by atoms with Crippen LogP contribution in [0, 0.1) is 23.7 Å². The molecule has 5 fully saturated rings. The van der Waals surface area contributed by atoms with Crippen molar-refractivity contribution in [2.24, 2.45) is 23.7 Å². The van der Waals surface area contributed by atoms with Crippen LogP contribution in [-0.2, 0) is 14.5 Å². The highest BCUT2D eigenvalue weighted by Crippen LogP contribution is 2.65. The predicted octanol–water partition coefficient (Wildman–Crippen LogP) is 4.11. The van der Waals surface area contributed by atoms with Crippen molar-refractivity contribution in [2.45, 2.75) is 89.6 Å². The maximum absolute atomic E-state index is 6.64. The Kier molecular flexibility index (Phi) is 2.92. The van der Waals surface area contributed by atoms with Crippen LogP contribution < -0.4 is 0 Å². The molecular formula is C18H30O3. The molecule has 0 radical (unpaired) electrons. The number of hydrogen-bond acceptors (Lipinski definition) is 3.